The number of hydrogen-bond donors (Lipinski definition) is 0. The van der Waals surface area contributed by atoms with E-state index in [0.29, 0.717) is 17.5 Å². The minimum atomic E-state index is 0.622. The van der Waals surface area contributed by atoms with Gasteiger partial charge in [-0.05, 0) is 108 Å². The van der Waals surface area contributed by atoms with Crippen molar-refractivity contribution in [3.05, 3.63) is 212 Å². The minimum Gasteiger partial charge on any atom is -0.456 e. The lowest BCUT2D eigenvalue weighted by Crippen LogP contribution is -2.00. The molecule has 4 heteroatoms. The largest absolute Gasteiger partial charge is 0.456 e. The Morgan fingerprint density at radius 2 is 0.705 bits per heavy atom. The molecule has 10 aromatic carbocycles. The number of fused-ring (bicyclic) bond motifs is 6. The Kier molecular flexibility index (Phi) is 8.13. The number of hydrogen-bond acceptors (Lipinski definition) is 4. The monoisotopic (exact) mass is 777 g/mol. The van der Waals surface area contributed by atoms with E-state index in [2.05, 4.69) is 194 Å². The smallest absolute Gasteiger partial charge is 0.164 e. The summed E-state index contributed by atoms with van der Waals surface area (Å²) in [6, 6.07) is 74.8. The molecule has 2 heterocycles. The Hall–Kier alpha value is -8.21. The highest BCUT2D eigenvalue weighted by Crippen LogP contribution is 2.39. The summed E-state index contributed by atoms with van der Waals surface area (Å²) in [6.45, 7) is 0. The van der Waals surface area contributed by atoms with E-state index in [1.165, 1.54) is 38.1 Å². The molecule has 0 aliphatic rings. The minimum absolute atomic E-state index is 0.622. The summed E-state index contributed by atoms with van der Waals surface area (Å²) in [5.41, 5.74) is 11.4. The van der Waals surface area contributed by atoms with Gasteiger partial charge in [-0.1, -0.05) is 170 Å². The molecule has 0 atom stereocenters. The third-order valence-electron chi connectivity index (χ3n) is 11.9. The summed E-state index contributed by atoms with van der Waals surface area (Å²) in [5.74, 6) is 1.88. The summed E-state index contributed by atoms with van der Waals surface area (Å²) >= 11 is 0. The van der Waals surface area contributed by atoms with Gasteiger partial charge in [0, 0.05) is 27.5 Å². The van der Waals surface area contributed by atoms with E-state index in [-0.39, 0.29) is 0 Å². The standard InChI is InChI=1S/C57H35N3O/c1-2-13-38-33-47(30-25-36(38)11-1)57-59-55(58-56(60-57)46-18-8-16-43(35-46)49-21-9-14-37-12-3-4-19-48(37)49)45-17-7-15-39(34-45)40-26-27-42-32-44(29-28-41(42)31-40)50-22-10-24-53-54(50)51-20-5-6-23-52(51)61-53/h1-35H. The Bertz CT molecular complexity index is 3670. The second-order valence-electron chi connectivity index (χ2n) is 15.6. The van der Waals surface area contributed by atoms with Gasteiger partial charge in [-0.2, -0.15) is 0 Å². The first kappa shape index (κ1) is 34.8. The number of furan rings is 1. The van der Waals surface area contributed by atoms with Crippen molar-refractivity contribution < 1.29 is 4.42 Å². The number of aromatic nitrogens is 3. The normalized spacial score (nSPS) is 11.6. The molecule has 2 aromatic heterocycles. The Morgan fingerprint density at radius 1 is 0.262 bits per heavy atom. The molecule has 12 aromatic rings. The molecular formula is C57H35N3O. The first-order valence-electron chi connectivity index (χ1n) is 20.6. The molecule has 284 valence electrons. The van der Waals surface area contributed by atoms with Crippen LogP contribution in [0, 0.1) is 0 Å². The first-order valence-corrected chi connectivity index (χ1v) is 20.6. The second-order valence-corrected chi connectivity index (χ2v) is 15.6. The summed E-state index contributed by atoms with van der Waals surface area (Å²) in [5, 5.41) is 9.35. The van der Waals surface area contributed by atoms with E-state index in [1.807, 2.05) is 18.2 Å². The molecule has 0 saturated carbocycles. The SMILES string of the molecule is c1cc(-c2ccc3cc(-c4cccc5oc6ccccc6c45)ccc3c2)cc(-c2nc(-c3cccc(-c4cccc5ccccc45)c3)nc(-c3ccc4ccccc4c3)n2)c1. The van der Waals surface area contributed by atoms with Crippen molar-refractivity contribution in [3.8, 4) is 67.5 Å². The van der Waals surface area contributed by atoms with Crippen LogP contribution in [0.3, 0.4) is 0 Å². The summed E-state index contributed by atoms with van der Waals surface area (Å²) in [6.07, 6.45) is 0. The Labute approximate surface area is 352 Å². The van der Waals surface area contributed by atoms with Gasteiger partial charge >= 0.3 is 0 Å². The van der Waals surface area contributed by atoms with Crippen molar-refractivity contribution in [1.29, 1.82) is 0 Å². The molecular weight excluding hydrogens is 743 g/mol. The maximum Gasteiger partial charge on any atom is 0.164 e. The predicted octanol–water partition coefficient (Wildman–Crippen LogP) is 15.2. The van der Waals surface area contributed by atoms with Gasteiger partial charge in [0.05, 0.1) is 0 Å². The van der Waals surface area contributed by atoms with Gasteiger partial charge in [0.15, 0.2) is 17.5 Å². The number of nitrogens with zero attached hydrogens (tertiary/aromatic N) is 3. The van der Waals surface area contributed by atoms with Crippen LogP contribution in [0.2, 0.25) is 0 Å². The fourth-order valence-electron chi connectivity index (χ4n) is 8.84. The van der Waals surface area contributed by atoms with Crippen LogP contribution in [0.15, 0.2) is 217 Å². The van der Waals surface area contributed by atoms with E-state index in [0.717, 1.165) is 66.3 Å². The molecule has 0 aliphatic heterocycles. The molecule has 4 nitrogen and oxygen atoms in total. The first-order chi connectivity index (χ1) is 30.2. The van der Waals surface area contributed by atoms with Crippen LogP contribution in [0.5, 0.6) is 0 Å². The number of benzene rings is 10. The molecule has 0 spiro atoms. The van der Waals surface area contributed by atoms with E-state index >= 15 is 0 Å². The second kappa shape index (κ2) is 14.3. The van der Waals surface area contributed by atoms with Gasteiger partial charge in [-0.3, -0.25) is 0 Å². The highest BCUT2D eigenvalue weighted by Gasteiger charge is 2.16. The van der Waals surface area contributed by atoms with Gasteiger partial charge in [0.25, 0.3) is 0 Å². The maximum atomic E-state index is 6.20. The van der Waals surface area contributed by atoms with Crippen molar-refractivity contribution in [3.63, 3.8) is 0 Å². The van der Waals surface area contributed by atoms with Gasteiger partial charge in [0.2, 0.25) is 0 Å². The molecule has 0 radical (unpaired) electrons. The van der Waals surface area contributed by atoms with Crippen LogP contribution in [-0.2, 0) is 0 Å². The topological polar surface area (TPSA) is 51.8 Å². The molecule has 0 unspecified atom stereocenters. The Balaban J connectivity index is 0.945. The molecule has 0 saturated heterocycles. The third kappa shape index (κ3) is 6.21. The molecule has 0 bridgehead atoms. The highest BCUT2D eigenvalue weighted by atomic mass is 16.3. The number of rotatable bonds is 6. The third-order valence-corrected chi connectivity index (χ3v) is 11.9. The van der Waals surface area contributed by atoms with Crippen molar-refractivity contribution >= 4 is 54.3 Å². The van der Waals surface area contributed by atoms with Crippen molar-refractivity contribution in [2.24, 2.45) is 0 Å². The van der Waals surface area contributed by atoms with Crippen LogP contribution in [-0.4, -0.2) is 15.0 Å². The highest BCUT2D eigenvalue weighted by molar-refractivity contribution is 6.13. The zero-order chi connectivity index (χ0) is 40.3. The van der Waals surface area contributed by atoms with Gasteiger partial charge in [-0.25, -0.2) is 15.0 Å². The van der Waals surface area contributed by atoms with E-state index in [4.69, 9.17) is 19.4 Å². The quantitative estimate of drug-likeness (QED) is 0.169. The molecule has 0 fully saturated rings. The average molecular weight is 778 g/mol. The van der Waals surface area contributed by atoms with E-state index in [1.54, 1.807) is 0 Å². The van der Waals surface area contributed by atoms with Crippen LogP contribution in [0.1, 0.15) is 0 Å². The summed E-state index contributed by atoms with van der Waals surface area (Å²) < 4.78 is 6.20. The lowest BCUT2D eigenvalue weighted by atomic mass is 9.95. The van der Waals surface area contributed by atoms with Crippen molar-refractivity contribution in [2.75, 3.05) is 0 Å². The van der Waals surface area contributed by atoms with Crippen LogP contribution in [0.4, 0.5) is 0 Å². The van der Waals surface area contributed by atoms with Crippen molar-refractivity contribution in [2.45, 2.75) is 0 Å². The number of para-hydroxylation sites is 1. The lowest BCUT2D eigenvalue weighted by molar-refractivity contribution is 0.669. The summed E-state index contributed by atoms with van der Waals surface area (Å²) in [4.78, 5) is 15.5. The summed E-state index contributed by atoms with van der Waals surface area (Å²) in [7, 11) is 0. The molecule has 12 rings (SSSR count). The van der Waals surface area contributed by atoms with E-state index < -0.39 is 0 Å². The molecule has 0 amide bonds. The molecule has 0 aliphatic carbocycles. The molecule has 0 N–H and O–H groups in total. The Morgan fingerprint density at radius 3 is 1.51 bits per heavy atom. The fourth-order valence-corrected chi connectivity index (χ4v) is 8.84. The molecule has 61 heavy (non-hydrogen) atoms. The fraction of sp³-hybridized carbons (Fsp3) is 0. The van der Waals surface area contributed by atoms with Gasteiger partial charge in [-0.15, -0.1) is 0 Å². The van der Waals surface area contributed by atoms with Gasteiger partial charge in [0.1, 0.15) is 11.2 Å². The van der Waals surface area contributed by atoms with Crippen LogP contribution in [0.25, 0.3) is 122 Å². The lowest BCUT2D eigenvalue weighted by Gasteiger charge is -2.12. The zero-order valence-electron chi connectivity index (χ0n) is 33.0. The van der Waals surface area contributed by atoms with Crippen LogP contribution >= 0.6 is 0 Å². The predicted molar refractivity (Wildman–Crippen MR) is 252 cm³/mol. The van der Waals surface area contributed by atoms with Gasteiger partial charge < -0.3 is 4.42 Å². The van der Waals surface area contributed by atoms with E-state index in [9.17, 15) is 0 Å². The van der Waals surface area contributed by atoms with Crippen LogP contribution < -0.4 is 0 Å². The van der Waals surface area contributed by atoms with Crippen molar-refractivity contribution in [1.82, 2.24) is 15.0 Å². The average Bonchev–Trinajstić information content (AvgIpc) is 3.72. The maximum absolute atomic E-state index is 6.20. The zero-order valence-corrected chi connectivity index (χ0v) is 33.0.